The number of pyridine rings is 1. The summed E-state index contributed by atoms with van der Waals surface area (Å²) >= 11 is 3.42. The highest BCUT2D eigenvalue weighted by atomic mass is 79.9. The first-order valence-electron chi connectivity index (χ1n) is 5.30. The molecular weight excluding hydrogens is 256 g/mol. The molecule has 0 unspecified atom stereocenters. The number of nitrogens with zero attached hydrogens (tertiary/aromatic N) is 1. The summed E-state index contributed by atoms with van der Waals surface area (Å²) in [5.41, 5.74) is 0. The summed E-state index contributed by atoms with van der Waals surface area (Å²) in [4.78, 5) is 4.25. The lowest BCUT2D eigenvalue weighted by molar-refractivity contribution is 0.126. The minimum atomic E-state index is -0.0986. The standard InChI is InChI=1S/C11H15BrN2O/c12-8-5-6-13-11(7-8)14-9-1-3-10(15)4-2-9/h5-7,9-10,15H,1-4H2,(H,13,14)/t9-,10-. The first-order chi connectivity index (χ1) is 7.24. The Labute approximate surface area is 98.0 Å². The molecule has 3 nitrogen and oxygen atoms in total. The number of rotatable bonds is 2. The molecule has 0 radical (unpaired) electrons. The van der Waals surface area contributed by atoms with Crippen molar-refractivity contribution in [1.82, 2.24) is 4.98 Å². The van der Waals surface area contributed by atoms with Crippen LogP contribution in [-0.4, -0.2) is 22.2 Å². The Morgan fingerprint density at radius 1 is 1.33 bits per heavy atom. The Bertz CT molecular complexity index is 324. The molecule has 1 aliphatic carbocycles. The molecule has 0 amide bonds. The minimum Gasteiger partial charge on any atom is -0.393 e. The van der Waals surface area contributed by atoms with Gasteiger partial charge in [-0.25, -0.2) is 4.98 Å². The zero-order valence-corrected chi connectivity index (χ0v) is 10.1. The third-order valence-electron chi connectivity index (χ3n) is 2.77. The molecule has 1 saturated carbocycles. The van der Waals surface area contributed by atoms with Gasteiger partial charge in [-0.2, -0.15) is 0 Å². The van der Waals surface area contributed by atoms with Crippen molar-refractivity contribution in [2.24, 2.45) is 0 Å². The van der Waals surface area contributed by atoms with E-state index in [9.17, 15) is 5.11 Å². The smallest absolute Gasteiger partial charge is 0.127 e. The summed E-state index contributed by atoms with van der Waals surface area (Å²) in [5, 5.41) is 12.8. The van der Waals surface area contributed by atoms with E-state index in [0.29, 0.717) is 6.04 Å². The molecule has 82 valence electrons. The monoisotopic (exact) mass is 270 g/mol. The normalized spacial score (nSPS) is 26.3. The molecule has 4 heteroatoms. The van der Waals surface area contributed by atoms with Crippen molar-refractivity contribution >= 4 is 21.7 Å². The quantitative estimate of drug-likeness (QED) is 0.869. The Balaban J connectivity index is 1.92. The molecule has 1 heterocycles. The molecule has 0 saturated heterocycles. The van der Waals surface area contributed by atoms with Gasteiger partial charge in [-0.15, -0.1) is 0 Å². The van der Waals surface area contributed by atoms with Crippen LogP contribution in [0.1, 0.15) is 25.7 Å². The average molecular weight is 271 g/mol. The van der Waals surface area contributed by atoms with Gasteiger partial charge in [0, 0.05) is 16.7 Å². The molecule has 1 aromatic heterocycles. The second-order valence-electron chi connectivity index (χ2n) is 4.01. The van der Waals surface area contributed by atoms with Gasteiger partial charge in [-0.05, 0) is 37.8 Å². The number of hydrogen-bond acceptors (Lipinski definition) is 3. The number of hydrogen-bond donors (Lipinski definition) is 2. The maximum atomic E-state index is 9.39. The lowest BCUT2D eigenvalue weighted by atomic mass is 9.93. The topological polar surface area (TPSA) is 45.1 Å². The van der Waals surface area contributed by atoms with Gasteiger partial charge >= 0.3 is 0 Å². The van der Waals surface area contributed by atoms with Gasteiger partial charge in [0.15, 0.2) is 0 Å². The van der Waals surface area contributed by atoms with Crippen molar-refractivity contribution in [2.75, 3.05) is 5.32 Å². The van der Waals surface area contributed by atoms with E-state index in [0.717, 1.165) is 36.0 Å². The third kappa shape index (κ3) is 3.18. The molecule has 0 aromatic carbocycles. The Hall–Kier alpha value is -0.610. The van der Waals surface area contributed by atoms with Gasteiger partial charge < -0.3 is 10.4 Å². The van der Waals surface area contributed by atoms with Crippen molar-refractivity contribution < 1.29 is 5.11 Å². The van der Waals surface area contributed by atoms with E-state index in [-0.39, 0.29) is 6.10 Å². The Kier molecular flexibility index (Phi) is 3.59. The molecule has 1 aromatic rings. The SMILES string of the molecule is O[C@H]1CC[C@H](Nc2cc(Br)ccn2)CC1. The molecule has 0 spiro atoms. The van der Waals surface area contributed by atoms with Crippen LogP contribution in [0.2, 0.25) is 0 Å². The molecular formula is C11H15BrN2O. The van der Waals surface area contributed by atoms with Gasteiger partial charge in [0.25, 0.3) is 0 Å². The fourth-order valence-corrected chi connectivity index (χ4v) is 2.25. The van der Waals surface area contributed by atoms with Crippen molar-refractivity contribution in [3.05, 3.63) is 22.8 Å². The van der Waals surface area contributed by atoms with E-state index in [4.69, 9.17) is 0 Å². The number of halogens is 1. The van der Waals surface area contributed by atoms with E-state index < -0.39 is 0 Å². The summed E-state index contributed by atoms with van der Waals surface area (Å²) in [6.45, 7) is 0. The van der Waals surface area contributed by atoms with E-state index in [1.807, 2.05) is 12.1 Å². The van der Waals surface area contributed by atoms with Crippen LogP contribution in [-0.2, 0) is 0 Å². The first-order valence-corrected chi connectivity index (χ1v) is 6.09. The van der Waals surface area contributed by atoms with E-state index >= 15 is 0 Å². The second kappa shape index (κ2) is 4.94. The molecule has 0 bridgehead atoms. The van der Waals surface area contributed by atoms with Crippen molar-refractivity contribution in [2.45, 2.75) is 37.8 Å². The number of aliphatic hydroxyl groups excluding tert-OH is 1. The maximum Gasteiger partial charge on any atom is 0.127 e. The predicted molar refractivity (Wildman–Crippen MR) is 63.8 cm³/mol. The van der Waals surface area contributed by atoms with Crippen LogP contribution < -0.4 is 5.32 Å². The average Bonchev–Trinajstić information content (AvgIpc) is 2.22. The third-order valence-corrected chi connectivity index (χ3v) is 3.26. The highest BCUT2D eigenvalue weighted by molar-refractivity contribution is 9.10. The summed E-state index contributed by atoms with van der Waals surface area (Å²) in [6.07, 6.45) is 5.52. The predicted octanol–water partition coefficient (Wildman–Crippen LogP) is 2.56. The number of nitrogens with one attached hydrogen (secondary N) is 1. The van der Waals surface area contributed by atoms with Crippen LogP contribution in [0.15, 0.2) is 22.8 Å². The number of aromatic nitrogens is 1. The molecule has 1 aliphatic rings. The zero-order valence-electron chi connectivity index (χ0n) is 8.49. The Morgan fingerprint density at radius 2 is 2.07 bits per heavy atom. The number of aliphatic hydroxyl groups is 1. The van der Waals surface area contributed by atoms with Crippen LogP contribution in [0.4, 0.5) is 5.82 Å². The lowest BCUT2D eigenvalue weighted by Crippen LogP contribution is -2.28. The summed E-state index contributed by atoms with van der Waals surface area (Å²) in [6, 6.07) is 4.34. The second-order valence-corrected chi connectivity index (χ2v) is 4.92. The van der Waals surface area contributed by atoms with Gasteiger partial charge in [0.05, 0.1) is 6.10 Å². The first kappa shape index (κ1) is 10.9. The van der Waals surface area contributed by atoms with E-state index in [2.05, 4.69) is 26.2 Å². The van der Waals surface area contributed by atoms with E-state index in [1.165, 1.54) is 0 Å². The van der Waals surface area contributed by atoms with Gasteiger partial charge in [0.1, 0.15) is 5.82 Å². The largest absolute Gasteiger partial charge is 0.393 e. The summed E-state index contributed by atoms with van der Waals surface area (Å²) < 4.78 is 1.04. The highest BCUT2D eigenvalue weighted by Crippen LogP contribution is 2.22. The lowest BCUT2D eigenvalue weighted by Gasteiger charge is -2.26. The fraction of sp³-hybridized carbons (Fsp3) is 0.545. The van der Waals surface area contributed by atoms with Crippen LogP contribution >= 0.6 is 15.9 Å². The fourth-order valence-electron chi connectivity index (χ4n) is 1.91. The molecule has 2 rings (SSSR count). The Morgan fingerprint density at radius 3 is 2.73 bits per heavy atom. The molecule has 15 heavy (non-hydrogen) atoms. The number of anilines is 1. The van der Waals surface area contributed by atoms with Crippen LogP contribution in [0.3, 0.4) is 0 Å². The van der Waals surface area contributed by atoms with Gasteiger partial charge in [0.2, 0.25) is 0 Å². The summed E-state index contributed by atoms with van der Waals surface area (Å²) in [7, 11) is 0. The van der Waals surface area contributed by atoms with Crippen LogP contribution in [0.25, 0.3) is 0 Å². The van der Waals surface area contributed by atoms with Crippen molar-refractivity contribution in [1.29, 1.82) is 0 Å². The van der Waals surface area contributed by atoms with Gasteiger partial charge in [-0.1, -0.05) is 15.9 Å². The molecule has 0 aliphatic heterocycles. The highest BCUT2D eigenvalue weighted by Gasteiger charge is 2.19. The van der Waals surface area contributed by atoms with Gasteiger partial charge in [-0.3, -0.25) is 0 Å². The van der Waals surface area contributed by atoms with Crippen LogP contribution in [0, 0.1) is 0 Å². The van der Waals surface area contributed by atoms with Crippen LogP contribution in [0.5, 0.6) is 0 Å². The van der Waals surface area contributed by atoms with E-state index in [1.54, 1.807) is 6.20 Å². The zero-order chi connectivity index (χ0) is 10.7. The molecule has 0 atom stereocenters. The minimum absolute atomic E-state index is 0.0986. The molecule has 2 N–H and O–H groups in total. The summed E-state index contributed by atoms with van der Waals surface area (Å²) in [5.74, 6) is 0.908. The maximum absolute atomic E-state index is 9.39. The van der Waals surface area contributed by atoms with Crippen molar-refractivity contribution in [3.63, 3.8) is 0 Å². The van der Waals surface area contributed by atoms with Crippen molar-refractivity contribution in [3.8, 4) is 0 Å². The molecule has 1 fully saturated rings.